The molecule has 0 amide bonds. The first-order chi connectivity index (χ1) is 7.79. The molecule has 1 heterocycles. The Morgan fingerprint density at radius 3 is 2.69 bits per heavy atom. The minimum absolute atomic E-state index is 0.676. The third kappa shape index (κ3) is 2.60. The Hall–Kier alpha value is -0.930. The van der Waals surface area contributed by atoms with E-state index in [4.69, 9.17) is 0 Å². The number of benzene rings is 1. The summed E-state index contributed by atoms with van der Waals surface area (Å²) < 4.78 is 11.9. The highest BCUT2D eigenvalue weighted by Crippen LogP contribution is 2.27. The maximum Gasteiger partial charge on any atom is 0.112 e. The van der Waals surface area contributed by atoms with E-state index in [9.17, 15) is 9.32 Å². The highest BCUT2D eigenvalue weighted by atomic mass is 32.2. The van der Waals surface area contributed by atoms with Gasteiger partial charge >= 0.3 is 0 Å². The van der Waals surface area contributed by atoms with E-state index >= 15 is 0 Å². The molecule has 2 unspecified atom stereocenters. The molecule has 2 atom stereocenters. The molecule has 0 saturated carbocycles. The highest BCUT2D eigenvalue weighted by Gasteiger charge is 2.20. The van der Waals surface area contributed by atoms with Gasteiger partial charge in [0.2, 0.25) is 0 Å². The van der Waals surface area contributed by atoms with E-state index in [0.29, 0.717) is 10.7 Å². The zero-order valence-corrected chi connectivity index (χ0v) is 9.95. The molecule has 0 saturated heterocycles. The first-order valence-corrected chi connectivity index (χ1v) is 6.92. The van der Waals surface area contributed by atoms with Crippen LogP contribution < -0.4 is 0 Å². The monoisotopic (exact) mass is 236 g/mol. The lowest BCUT2D eigenvalue weighted by Crippen LogP contribution is -2.08. The smallest absolute Gasteiger partial charge is 0.112 e. The molecule has 0 radical (unpaired) electrons. The second-order valence-electron chi connectivity index (χ2n) is 3.97. The van der Waals surface area contributed by atoms with Crippen molar-refractivity contribution < 1.29 is 9.32 Å². The van der Waals surface area contributed by atoms with Crippen LogP contribution in [0.15, 0.2) is 41.3 Å². The van der Waals surface area contributed by atoms with Gasteiger partial charge in [-0.05, 0) is 24.8 Å². The van der Waals surface area contributed by atoms with Crippen LogP contribution in [0.2, 0.25) is 0 Å². The molecule has 0 spiro atoms. The first-order valence-electron chi connectivity index (χ1n) is 5.60. The van der Waals surface area contributed by atoms with Gasteiger partial charge in [0, 0.05) is 10.7 Å². The fourth-order valence-corrected chi connectivity index (χ4v) is 3.26. The van der Waals surface area contributed by atoms with Crippen molar-refractivity contribution >= 4 is 10.8 Å². The summed E-state index contributed by atoms with van der Waals surface area (Å²) in [4.78, 5) is 0.684. The van der Waals surface area contributed by atoms with Gasteiger partial charge in [0.05, 0.1) is 10.8 Å². The lowest BCUT2D eigenvalue weighted by molar-refractivity contribution is 0.224. The summed E-state index contributed by atoms with van der Waals surface area (Å²) in [6.45, 7) is 0. The molecule has 3 heteroatoms. The molecule has 0 aliphatic carbocycles. The quantitative estimate of drug-likeness (QED) is 0.856. The molecular formula is C13H16O2S. The third-order valence-electron chi connectivity index (χ3n) is 2.78. The minimum atomic E-state index is -1.01. The number of hydrogen-bond acceptors (Lipinski definition) is 2. The van der Waals surface area contributed by atoms with Gasteiger partial charge in [-0.3, -0.25) is 4.21 Å². The van der Waals surface area contributed by atoms with Crippen LogP contribution >= 0.6 is 0 Å². The van der Waals surface area contributed by atoms with E-state index in [-0.39, 0.29) is 0 Å². The van der Waals surface area contributed by atoms with Crippen LogP contribution in [0.3, 0.4) is 0 Å². The van der Waals surface area contributed by atoms with Crippen molar-refractivity contribution in [2.75, 3.05) is 5.75 Å². The van der Waals surface area contributed by atoms with Crippen LogP contribution in [0.4, 0.5) is 0 Å². The number of aliphatic hydroxyl groups is 1. The normalized spacial score (nSPS) is 23.3. The average Bonchev–Trinajstić information content (AvgIpc) is 2.54. The Kier molecular flexibility index (Phi) is 3.91. The van der Waals surface area contributed by atoms with Crippen molar-refractivity contribution in [3.63, 3.8) is 0 Å². The van der Waals surface area contributed by atoms with Gasteiger partial charge < -0.3 is 5.11 Å². The lowest BCUT2D eigenvalue weighted by atomic mass is 10.1. The standard InChI is InChI=1S/C13H16O2S/c14-13(11-7-3-1-4-8-11)12-9-5-2-6-10-16(12)15/h1,3-4,7-9,13-14H,2,5-6,10H2. The van der Waals surface area contributed by atoms with Crippen molar-refractivity contribution in [3.8, 4) is 0 Å². The Morgan fingerprint density at radius 1 is 1.19 bits per heavy atom. The van der Waals surface area contributed by atoms with Crippen LogP contribution in [-0.4, -0.2) is 15.1 Å². The van der Waals surface area contributed by atoms with E-state index in [2.05, 4.69) is 0 Å². The second-order valence-corrected chi connectivity index (χ2v) is 5.54. The summed E-state index contributed by atoms with van der Waals surface area (Å²) in [7, 11) is -1.01. The Bertz CT molecular complexity index is 398. The Morgan fingerprint density at radius 2 is 1.94 bits per heavy atom. The van der Waals surface area contributed by atoms with Crippen molar-refractivity contribution in [1.82, 2.24) is 0 Å². The third-order valence-corrected chi connectivity index (χ3v) is 4.35. The van der Waals surface area contributed by atoms with Crippen LogP contribution in [0, 0.1) is 0 Å². The van der Waals surface area contributed by atoms with Gasteiger partial charge in [-0.15, -0.1) is 0 Å². The average molecular weight is 236 g/mol. The van der Waals surface area contributed by atoms with Crippen molar-refractivity contribution in [3.05, 3.63) is 46.9 Å². The van der Waals surface area contributed by atoms with Crippen LogP contribution in [0.25, 0.3) is 0 Å². The number of hydrogen-bond donors (Lipinski definition) is 1. The Labute approximate surface area is 98.5 Å². The molecule has 16 heavy (non-hydrogen) atoms. The fourth-order valence-electron chi connectivity index (χ4n) is 1.87. The van der Waals surface area contributed by atoms with Gasteiger partial charge in [0.1, 0.15) is 6.10 Å². The highest BCUT2D eigenvalue weighted by molar-refractivity contribution is 7.89. The predicted octanol–water partition coefficient (Wildman–Crippen LogP) is 2.54. The van der Waals surface area contributed by atoms with Gasteiger partial charge in [0.25, 0.3) is 0 Å². The fraction of sp³-hybridized carbons (Fsp3) is 0.385. The Balaban J connectivity index is 2.23. The largest absolute Gasteiger partial charge is 0.383 e. The molecule has 1 aliphatic rings. The zero-order valence-electron chi connectivity index (χ0n) is 9.13. The molecule has 1 aliphatic heterocycles. The van der Waals surface area contributed by atoms with Crippen LogP contribution in [-0.2, 0) is 10.8 Å². The summed E-state index contributed by atoms with van der Waals surface area (Å²) in [6, 6.07) is 9.42. The second kappa shape index (κ2) is 5.41. The zero-order chi connectivity index (χ0) is 11.4. The lowest BCUT2D eigenvalue weighted by Gasteiger charge is -2.13. The summed E-state index contributed by atoms with van der Waals surface area (Å²) in [5.74, 6) is 0.676. The van der Waals surface area contributed by atoms with E-state index in [1.807, 2.05) is 36.4 Å². The van der Waals surface area contributed by atoms with Crippen LogP contribution in [0.1, 0.15) is 30.9 Å². The molecule has 2 nitrogen and oxygen atoms in total. The number of allylic oxidation sites excluding steroid dienone is 1. The number of aliphatic hydroxyl groups excluding tert-OH is 1. The molecule has 1 N–H and O–H groups in total. The SMILES string of the molecule is O=S1CCCCC=C1C(O)c1ccccc1. The molecule has 0 aromatic heterocycles. The van der Waals surface area contributed by atoms with E-state index in [1.165, 1.54) is 0 Å². The summed E-state index contributed by atoms with van der Waals surface area (Å²) in [5.41, 5.74) is 0.823. The van der Waals surface area contributed by atoms with Gasteiger partial charge in [-0.1, -0.05) is 36.4 Å². The summed E-state index contributed by atoms with van der Waals surface area (Å²) in [6.07, 6.45) is 4.21. The molecular weight excluding hydrogens is 220 g/mol. The van der Waals surface area contributed by atoms with Gasteiger partial charge in [0.15, 0.2) is 0 Å². The van der Waals surface area contributed by atoms with Crippen LogP contribution in [0.5, 0.6) is 0 Å². The number of rotatable bonds is 2. The molecule has 1 aromatic carbocycles. The van der Waals surface area contributed by atoms with Gasteiger partial charge in [-0.25, -0.2) is 0 Å². The van der Waals surface area contributed by atoms with E-state index in [1.54, 1.807) is 0 Å². The minimum Gasteiger partial charge on any atom is -0.383 e. The molecule has 0 bridgehead atoms. The van der Waals surface area contributed by atoms with Crippen molar-refractivity contribution in [2.45, 2.75) is 25.4 Å². The molecule has 1 aromatic rings. The topological polar surface area (TPSA) is 37.3 Å². The summed E-state index contributed by atoms with van der Waals surface area (Å²) >= 11 is 0. The predicted molar refractivity (Wildman–Crippen MR) is 66.3 cm³/mol. The maximum absolute atomic E-state index is 11.9. The first kappa shape index (κ1) is 11.6. The molecule has 0 fully saturated rings. The molecule has 86 valence electrons. The van der Waals surface area contributed by atoms with Crippen molar-refractivity contribution in [2.24, 2.45) is 0 Å². The summed E-state index contributed by atoms with van der Waals surface area (Å²) in [5, 5.41) is 10.2. The van der Waals surface area contributed by atoms with Crippen molar-refractivity contribution in [1.29, 1.82) is 0 Å². The van der Waals surface area contributed by atoms with Gasteiger partial charge in [-0.2, -0.15) is 0 Å². The van der Waals surface area contributed by atoms with E-state index in [0.717, 1.165) is 24.8 Å². The van der Waals surface area contributed by atoms with E-state index < -0.39 is 16.9 Å². The molecule has 2 rings (SSSR count). The maximum atomic E-state index is 11.9.